The molecule has 1 fully saturated rings. The van der Waals surface area contributed by atoms with E-state index in [2.05, 4.69) is 4.90 Å². The summed E-state index contributed by atoms with van der Waals surface area (Å²) in [5, 5.41) is 0. The number of alkyl halides is 3. The molecule has 112 valence electrons. The van der Waals surface area contributed by atoms with Gasteiger partial charge in [-0.25, -0.2) is 0 Å². The number of nitrogen functional groups attached to an aromatic ring is 1. The topological polar surface area (TPSA) is 29.3 Å². The smallest absolute Gasteiger partial charge is 0.397 e. The van der Waals surface area contributed by atoms with Crippen LogP contribution in [0.25, 0.3) is 0 Å². The zero-order valence-electron chi connectivity index (χ0n) is 11.7. The van der Waals surface area contributed by atoms with Gasteiger partial charge >= 0.3 is 6.18 Å². The minimum Gasteiger partial charge on any atom is -0.397 e. The largest absolute Gasteiger partial charge is 0.416 e. The molecule has 1 aliphatic rings. The van der Waals surface area contributed by atoms with Gasteiger partial charge in [0.25, 0.3) is 0 Å². The van der Waals surface area contributed by atoms with Gasteiger partial charge < -0.3 is 10.6 Å². The first-order chi connectivity index (χ1) is 9.43. The molecule has 0 spiro atoms. The highest BCUT2D eigenvalue weighted by Crippen LogP contribution is 2.36. The van der Waals surface area contributed by atoms with Gasteiger partial charge in [0.1, 0.15) is 0 Å². The molecule has 1 aromatic rings. The predicted octanol–water partition coefficient (Wildman–Crippen LogP) is 4.45. The van der Waals surface area contributed by atoms with E-state index < -0.39 is 11.7 Å². The minimum atomic E-state index is -4.34. The lowest BCUT2D eigenvalue weighted by molar-refractivity contribution is -0.137. The van der Waals surface area contributed by atoms with E-state index in [1.807, 2.05) is 6.92 Å². The van der Waals surface area contributed by atoms with Gasteiger partial charge in [0, 0.05) is 12.6 Å². The quantitative estimate of drug-likeness (QED) is 0.832. The molecule has 1 aliphatic carbocycles. The van der Waals surface area contributed by atoms with Crippen LogP contribution in [0.15, 0.2) is 18.2 Å². The van der Waals surface area contributed by atoms with Crippen LogP contribution in [0.1, 0.15) is 44.6 Å². The average molecular weight is 286 g/mol. The molecule has 0 atom stereocenters. The molecular formula is C15H21F3N2. The van der Waals surface area contributed by atoms with Crippen LogP contribution in [0.4, 0.5) is 24.5 Å². The summed E-state index contributed by atoms with van der Waals surface area (Å²) in [7, 11) is 0. The van der Waals surface area contributed by atoms with Gasteiger partial charge in [-0.3, -0.25) is 0 Å². The number of anilines is 2. The number of nitrogens with zero attached hydrogens (tertiary/aromatic N) is 1. The third-order valence-corrected chi connectivity index (χ3v) is 4.02. The van der Waals surface area contributed by atoms with E-state index in [1.54, 1.807) is 0 Å². The Morgan fingerprint density at radius 1 is 1.20 bits per heavy atom. The van der Waals surface area contributed by atoms with Crippen LogP contribution >= 0.6 is 0 Å². The Labute approximate surface area is 117 Å². The Kier molecular flexibility index (Phi) is 4.45. The van der Waals surface area contributed by atoms with Crippen molar-refractivity contribution < 1.29 is 13.2 Å². The number of hydrogen-bond acceptors (Lipinski definition) is 2. The van der Waals surface area contributed by atoms with Gasteiger partial charge in [-0.15, -0.1) is 0 Å². The molecular weight excluding hydrogens is 265 g/mol. The van der Waals surface area contributed by atoms with E-state index >= 15 is 0 Å². The molecule has 0 aliphatic heterocycles. The maximum atomic E-state index is 12.7. The highest BCUT2D eigenvalue weighted by atomic mass is 19.4. The van der Waals surface area contributed by atoms with Crippen LogP contribution in [0.2, 0.25) is 0 Å². The summed E-state index contributed by atoms with van der Waals surface area (Å²) in [6.07, 6.45) is 1.46. The van der Waals surface area contributed by atoms with Crippen molar-refractivity contribution >= 4 is 11.4 Å². The Balaban J connectivity index is 2.26. The number of rotatable bonds is 3. The van der Waals surface area contributed by atoms with Gasteiger partial charge in [-0.1, -0.05) is 19.3 Å². The fourth-order valence-electron chi connectivity index (χ4n) is 3.01. The molecule has 20 heavy (non-hydrogen) atoms. The first-order valence-corrected chi connectivity index (χ1v) is 7.17. The van der Waals surface area contributed by atoms with Gasteiger partial charge in [0.05, 0.1) is 16.9 Å². The number of hydrogen-bond donors (Lipinski definition) is 1. The van der Waals surface area contributed by atoms with E-state index in [0.29, 0.717) is 6.04 Å². The zero-order chi connectivity index (χ0) is 14.8. The monoisotopic (exact) mass is 286 g/mol. The minimum absolute atomic E-state index is 0.215. The number of benzene rings is 1. The van der Waals surface area contributed by atoms with Gasteiger partial charge in [-0.2, -0.15) is 13.2 Å². The molecule has 0 aromatic heterocycles. The standard InChI is InChI=1S/C15H21F3N2/c1-2-20(12-6-4-3-5-7-12)14-9-8-11(10-13(14)19)15(16,17)18/h8-10,12H,2-7,19H2,1H3. The van der Waals surface area contributed by atoms with Crippen molar-refractivity contribution in [3.63, 3.8) is 0 Å². The van der Waals surface area contributed by atoms with Crippen LogP contribution in [0.3, 0.4) is 0 Å². The molecule has 2 N–H and O–H groups in total. The first kappa shape index (κ1) is 15.0. The Morgan fingerprint density at radius 3 is 2.35 bits per heavy atom. The lowest BCUT2D eigenvalue weighted by Crippen LogP contribution is -2.37. The second-order valence-electron chi connectivity index (χ2n) is 5.35. The maximum absolute atomic E-state index is 12.7. The average Bonchev–Trinajstić information content (AvgIpc) is 2.41. The van der Waals surface area contributed by atoms with Crippen LogP contribution in [-0.2, 0) is 6.18 Å². The van der Waals surface area contributed by atoms with Crippen molar-refractivity contribution in [2.45, 2.75) is 51.2 Å². The molecule has 0 radical (unpaired) electrons. The van der Waals surface area contributed by atoms with Crippen LogP contribution < -0.4 is 10.6 Å². The molecule has 1 aromatic carbocycles. The fraction of sp³-hybridized carbons (Fsp3) is 0.600. The molecule has 0 heterocycles. The third kappa shape index (κ3) is 3.19. The summed E-state index contributed by atoms with van der Waals surface area (Å²) in [5.74, 6) is 0. The maximum Gasteiger partial charge on any atom is 0.416 e. The van der Waals surface area contributed by atoms with Crippen LogP contribution in [-0.4, -0.2) is 12.6 Å². The van der Waals surface area contributed by atoms with Crippen LogP contribution in [0.5, 0.6) is 0 Å². The molecule has 0 unspecified atom stereocenters. The number of halogens is 3. The Bertz CT molecular complexity index is 451. The van der Waals surface area contributed by atoms with Crippen molar-refractivity contribution in [2.24, 2.45) is 0 Å². The number of nitrogens with two attached hydrogens (primary N) is 1. The van der Waals surface area contributed by atoms with Crippen molar-refractivity contribution in [3.05, 3.63) is 23.8 Å². The van der Waals surface area contributed by atoms with Gasteiger partial charge in [0.15, 0.2) is 0 Å². The first-order valence-electron chi connectivity index (χ1n) is 7.17. The lowest BCUT2D eigenvalue weighted by Gasteiger charge is -2.36. The second kappa shape index (κ2) is 5.94. The lowest BCUT2D eigenvalue weighted by atomic mass is 9.93. The second-order valence-corrected chi connectivity index (χ2v) is 5.35. The summed E-state index contributed by atoms with van der Waals surface area (Å²) in [6, 6.07) is 4.07. The summed E-state index contributed by atoms with van der Waals surface area (Å²) in [5.41, 5.74) is 6.12. The van der Waals surface area contributed by atoms with Crippen molar-refractivity contribution in [1.82, 2.24) is 0 Å². The van der Waals surface area contributed by atoms with Gasteiger partial charge in [0.2, 0.25) is 0 Å². The summed E-state index contributed by atoms with van der Waals surface area (Å²) in [4.78, 5) is 2.15. The highest BCUT2D eigenvalue weighted by Gasteiger charge is 2.31. The molecule has 5 heteroatoms. The normalized spacial score (nSPS) is 17.2. The highest BCUT2D eigenvalue weighted by molar-refractivity contribution is 5.69. The van der Waals surface area contributed by atoms with E-state index in [9.17, 15) is 13.2 Å². The third-order valence-electron chi connectivity index (χ3n) is 4.02. The van der Waals surface area contributed by atoms with Crippen molar-refractivity contribution in [2.75, 3.05) is 17.2 Å². The van der Waals surface area contributed by atoms with Crippen LogP contribution in [0, 0.1) is 0 Å². The van der Waals surface area contributed by atoms with E-state index in [0.717, 1.165) is 37.2 Å². The zero-order valence-corrected chi connectivity index (χ0v) is 11.7. The molecule has 0 bridgehead atoms. The van der Waals surface area contributed by atoms with Gasteiger partial charge in [-0.05, 0) is 38.0 Å². The Hall–Kier alpha value is -1.39. The SMILES string of the molecule is CCN(c1ccc(C(F)(F)F)cc1N)C1CCCCC1. The molecule has 0 saturated heterocycles. The molecule has 2 nitrogen and oxygen atoms in total. The predicted molar refractivity (Wildman–Crippen MR) is 75.7 cm³/mol. The van der Waals surface area contributed by atoms with E-state index in [-0.39, 0.29) is 5.69 Å². The summed E-state index contributed by atoms with van der Waals surface area (Å²) >= 11 is 0. The Morgan fingerprint density at radius 2 is 1.85 bits per heavy atom. The molecule has 0 amide bonds. The molecule has 1 saturated carbocycles. The summed E-state index contributed by atoms with van der Waals surface area (Å²) < 4.78 is 38.0. The van der Waals surface area contributed by atoms with E-state index in [4.69, 9.17) is 5.73 Å². The summed E-state index contributed by atoms with van der Waals surface area (Å²) in [6.45, 7) is 2.78. The fourth-order valence-corrected chi connectivity index (χ4v) is 3.01. The van der Waals surface area contributed by atoms with Crippen molar-refractivity contribution in [1.29, 1.82) is 0 Å². The van der Waals surface area contributed by atoms with E-state index in [1.165, 1.54) is 25.3 Å². The molecule has 2 rings (SSSR count). The van der Waals surface area contributed by atoms with Crippen molar-refractivity contribution in [3.8, 4) is 0 Å².